The molecule has 0 heterocycles. The topological polar surface area (TPSA) is 70.2 Å². The van der Waals surface area contributed by atoms with E-state index in [1.807, 2.05) is 24.3 Å². The van der Waals surface area contributed by atoms with Gasteiger partial charge in [0.05, 0.1) is 6.54 Å². The third kappa shape index (κ3) is 10.7. The van der Waals surface area contributed by atoms with Crippen LogP contribution in [0.5, 0.6) is 0 Å². The molecule has 0 saturated carbocycles. The Labute approximate surface area is 158 Å². The van der Waals surface area contributed by atoms with Gasteiger partial charge in [0, 0.05) is 24.3 Å². The summed E-state index contributed by atoms with van der Waals surface area (Å²) in [6, 6.07) is 7.48. The Bertz CT molecular complexity index is 532. The van der Waals surface area contributed by atoms with E-state index in [0.717, 1.165) is 43.6 Å². The molecule has 146 valence electrons. The van der Waals surface area contributed by atoms with Crippen molar-refractivity contribution in [2.24, 2.45) is 0 Å². The van der Waals surface area contributed by atoms with Crippen molar-refractivity contribution in [1.29, 1.82) is 0 Å². The largest absolute Gasteiger partial charge is 0.376 e. The maximum Gasteiger partial charge on any atom is 0.239 e. The molecule has 0 radical (unpaired) electrons. The van der Waals surface area contributed by atoms with Crippen LogP contribution in [0.1, 0.15) is 71.6 Å². The first-order valence-corrected chi connectivity index (χ1v) is 10.1. The summed E-state index contributed by atoms with van der Waals surface area (Å²) < 4.78 is 0. The van der Waals surface area contributed by atoms with Gasteiger partial charge >= 0.3 is 0 Å². The Balaban J connectivity index is 2.26. The van der Waals surface area contributed by atoms with Crippen LogP contribution < -0.4 is 16.0 Å². The summed E-state index contributed by atoms with van der Waals surface area (Å²) in [7, 11) is 0. The summed E-state index contributed by atoms with van der Waals surface area (Å²) >= 11 is 0. The van der Waals surface area contributed by atoms with Gasteiger partial charge in [-0.15, -0.1) is 0 Å². The van der Waals surface area contributed by atoms with Gasteiger partial charge in [-0.3, -0.25) is 9.59 Å². The molecule has 0 aliphatic heterocycles. The Kier molecular flexibility index (Phi) is 12.0. The number of nitrogens with one attached hydrogen (secondary N) is 3. The van der Waals surface area contributed by atoms with E-state index in [-0.39, 0.29) is 18.4 Å². The molecule has 1 aromatic carbocycles. The Morgan fingerprint density at radius 3 is 2.31 bits per heavy atom. The van der Waals surface area contributed by atoms with Gasteiger partial charge in [0.25, 0.3) is 0 Å². The van der Waals surface area contributed by atoms with Crippen LogP contribution >= 0.6 is 0 Å². The average molecular weight is 362 g/mol. The van der Waals surface area contributed by atoms with Gasteiger partial charge in [-0.25, -0.2) is 0 Å². The van der Waals surface area contributed by atoms with Gasteiger partial charge in [0.15, 0.2) is 0 Å². The summed E-state index contributed by atoms with van der Waals surface area (Å²) in [5.74, 6) is 0.0333. The van der Waals surface area contributed by atoms with Crippen molar-refractivity contribution in [3.05, 3.63) is 24.3 Å². The van der Waals surface area contributed by atoms with Crippen molar-refractivity contribution >= 4 is 23.2 Å². The average Bonchev–Trinajstić information content (AvgIpc) is 2.63. The van der Waals surface area contributed by atoms with Gasteiger partial charge in [0.2, 0.25) is 11.8 Å². The summed E-state index contributed by atoms with van der Waals surface area (Å²) in [5.41, 5.74) is 1.59. The number of hydrogen-bond acceptors (Lipinski definition) is 3. The fraction of sp³-hybridized carbons (Fsp3) is 0.619. The highest BCUT2D eigenvalue weighted by Gasteiger charge is 2.04. The Morgan fingerprint density at radius 2 is 1.54 bits per heavy atom. The molecule has 0 aliphatic carbocycles. The number of amides is 2. The molecule has 26 heavy (non-hydrogen) atoms. The maximum absolute atomic E-state index is 11.9. The maximum atomic E-state index is 11.9. The second kappa shape index (κ2) is 14.2. The molecule has 0 unspecified atom stereocenters. The van der Waals surface area contributed by atoms with Crippen molar-refractivity contribution in [2.75, 3.05) is 23.7 Å². The molecule has 3 N–H and O–H groups in total. The second-order valence-electron chi connectivity index (χ2n) is 6.70. The van der Waals surface area contributed by atoms with E-state index >= 15 is 0 Å². The van der Waals surface area contributed by atoms with Crippen LogP contribution in [0.3, 0.4) is 0 Å². The molecule has 5 heteroatoms. The monoisotopic (exact) mass is 361 g/mol. The van der Waals surface area contributed by atoms with Crippen molar-refractivity contribution in [2.45, 2.75) is 71.6 Å². The zero-order chi connectivity index (χ0) is 19.0. The molecule has 0 atom stereocenters. The highest BCUT2D eigenvalue weighted by molar-refractivity contribution is 5.91. The summed E-state index contributed by atoms with van der Waals surface area (Å²) in [5, 5.41) is 8.95. The zero-order valence-electron chi connectivity index (χ0n) is 16.4. The first kappa shape index (κ1) is 22.0. The number of hydrogen-bond donors (Lipinski definition) is 3. The molecule has 0 bridgehead atoms. The quantitative estimate of drug-likeness (QED) is 0.421. The predicted molar refractivity (Wildman–Crippen MR) is 109 cm³/mol. The van der Waals surface area contributed by atoms with Crippen LogP contribution in [-0.2, 0) is 9.59 Å². The molecular formula is C21H35N3O2. The molecule has 1 aromatic rings. The highest BCUT2D eigenvalue weighted by Crippen LogP contribution is 2.15. The first-order chi connectivity index (χ1) is 12.7. The number of carbonyl (C=O) groups is 2. The van der Waals surface area contributed by atoms with E-state index in [4.69, 9.17) is 0 Å². The van der Waals surface area contributed by atoms with Crippen molar-refractivity contribution in [1.82, 2.24) is 5.32 Å². The number of anilines is 2. The number of carbonyl (C=O) groups excluding carboxylic acids is 2. The van der Waals surface area contributed by atoms with Crippen LogP contribution in [0, 0.1) is 0 Å². The van der Waals surface area contributed by atoms with Crippen molar-refractivity contribution < 1.29 is 9.59 Å². The van der Waals surface area contributed by atoms with E-state index in [1.54, 1.807) is 0 Å². The van der Waals surface area contributed by atoms with E-state index in [1.165, 1.54) is 25.7 Å². The zero-order valence-corrected chi connectivity index (χ0v) is 16.4. The van der Waals surface area contributed by atoms with E-state index in [2.05, 4.69) is 29.8 Å². The van der Waals surface area contributed by atoms with Gasteiger partial charge in [-0.05, 0) is 31.0 Å². The first-order valence-electron chi connectivity index (χ1n) is 10.1. The van der Waals surface area contributed by atoms with Crippen LogP contribution in [-0.4, -0.2) is 24.9 Å². The molecular weight excluding hydrogens is 326 g/mol. The molecule has 0 spiro atoms. The SMILES string of the molecule is CCCCCCCNC(=O)CNc1cccc(NC(=O)CCCCC)c1. The fourth-order valence-electron chi connectivity index (χ4n) is 2.67. The molecule has 5 nitrogen and oxygen atoms in total. The van der Waals surface area contributed by atoms with E-state index < -0.39 is 0 Å². The van der Waals surface area contributed by atoms with Gasteiger partial charge < -0.3 is 16.0 Å². The normalized spacial score (nSPS) is 10.4. The minimum absolute atomic E-state index is 0.00510. The van der Waals surface area contributed by atoms with Crippen LogP contribution in [0.2, 0.25) is 0 Å². The standard InChI is InChI=1S/C21H35N3O2/c1-3-5-7-8-10-15-22-21(26)17-23-18-12-11-13-19(16-18)24-20(25)14-9-6-4-2/h11-13,16,23H,3-10,14-15,17H2,1-2H3,(H,22,26)(H,24,25). The lowest BCUT2D eigenvalue weighted by Gasteiger charge is -2.10. The fourth-order valence-corrected chi connectivity index (χ4v) is 2.67. The lowest BCUT2D eigenvalue weighted by Crippen LogP contribution is -2.30. The number of benzene rings is 1. The van der Waals surface area contributed by atoms with Crippen LogP contribution in [0.25, 0.3) is 0 Å². The second-order valence-corrected chi connectivity index (χ2v) is 6.70. The Morgan fingerprint density at radius 1 is 0.846 bits per heavy atom. The summed E-state index contributed by atoms with van der Waals surface area (Å²) in [6.07, 6.45) is 9.57. The molecule has 2 amide bonds. The van der Waals surface area contributed by atoms with E-state index in [0.29, 0.717) is 6.42 Å². The minimum Gasteiger partial charge on any atom is -0.376 e. The lowest BCUT2D eigenvalue weighted by molar-refractivity contribution is -0.119. The smallest absolute Gasteiger partial charge is 0.239 e. The minimum atomic E-state index is -0.00510. The predicted octanol–water partition coefficient (Wildman–Crippen LogP) is 4.70. The summed E-state index contributed by atoms with van der Waals surface area (Å²) in [6.45, 7) is 5.29. The molecule has 0 saturated heterocycles. The molecule has 0 fully saturated rings. The Hall–Kier alpha value is -2.04. The molecule has 0 aromatic heterocycles. The third-order valence-corrected chi connectivity index (χ3v) is 4.21. The van der Waals surface area contributed by atoms with Gasteiger partial charge in [-0.1, -0.05) is 58.4 Å². The highest BCUT2D eigenvalue weighted by atomic mass is 16.2. The molecule has 0 aliphatic rings. The number of rotatable bonds is 14. The lowest BCUT2D eigenvalue weighted by atomic mass is 10.1. The molecule has 1 rings (SSSR count). The van der Waals surface area contributed by atoms with Gasteiger partial charge in [-0.2, -0.15) is 0 Å². The van der Waals surface area contributed by atoms with Crippen LogP contribution in [0.15, 0.2) is 24.3 Å². The van der Waals surface area contributed by atoms with E-state index in [9.17, 15) is 9.59 Å². The summed E-state index contributed by atoms with van der Waals surface area (Å²) in [4.78, 5) is 23.8. The number of unbranched alkanes of at least 4 members (excludes halogenated alkanes) is 6. The van der Waals surface area contributed by atoms with Crippen LogP contribution in [0.4, 0.5) is 11.4 Å². The van der Waals surface area contributed by atoms with Gasteiger partial charge in [0.1, 0.15) is 0 Å². The third-order valence-electron chi connectivity index (χ3n) is 4.21. The van der Waals surface area contributed by atoms with Crippen molar-refractivity contribution in [3.63, 3.8) is 0 Å². The van der Waals surface area contributed by atoms with Crippen molar-refractivity contribution in [3.8, 4) is 0 Å².